The summed E-state index contributed by atoms with van der Waals surface area (Å²) in [6.45, 7) is 10.1. The quantitative estimate of drug-likeness (QED) is 0.399. The zero-order chi connectivity index (χ0) is 20.3. The monoisotopic (exact) mass is 464 g/mol. The van der Waals surface area contributed by atoms with Crippen molar-refractivity contribution >= 4 is 0 Å². The second-order valence-electron chi connectivity index (χ2n) is 7.19. The van der Waals surface area contributed by atoms with Crippen molar-refractivity contribution in [3.8, 4) is 0 Å². The van der Waals surface area contributed by atoms with Crippen LogP contribution in [0.25, 0.3) is 0 Å². The molecule has 0 spiro atoms. The molecule has 4 rings (SSSR count). The third-order valence-electron chi connectivity index (χ3n) is 4.91. The Morgan fingerprint density at radius 3 is 1.48 bits per heavy atom. The Morgan fingerprint density at radius 2 is 1.14 bits per heavy atom. The second kappa shape index (κ2) is 21.3. The number of rotatable bonds is 3. The van der Waals surface area contributed by atoms with E-state index in [0.29, 0.717) is 5.92 Å². The van der Waals surface area contributed by atoms with Gasteiger partial charge in [0.1, 0.15) is 0 Å². The van der Waals surface area contributed by atoms with Gasteiger partial charge in [0, 0.05) is 0 Å². The summed E-state index contributed by atoms with van der Waals surface area (Å²) in [5.74, 6) is 1.34. The predicted molar refractivity (Wildman–Crippen MR) is 124 cm³/mol. The first-order chi connectivity index (χ1) is 13.8. The van der Waals surface area contributed by atoms with Gasteiger partial charge in [0.15, 0.2) is 0 Å². The van der Waals surface area contributed by atoms with Crippen LogP contribution in [0.3, 0.4) is 0 Å². The Balaban J connectivity index is 0.000000430. The van der Waals surface area contributed by atoms with E-state index in [1.807, 2.05) is 64.2 Å². The second-order valence-corrected chi connectivity index (χ2v) is 7.19. The molecule has 3 fully saturated rings. The Labute approximate surface area is 203 Å². The molecule has 154 valence electrons. The van der Waals surface area contributed by atoms with Crippen molar-refractivity contribution in [3.05, 3.63) is 114 Å². The van der Waals surface area contributed by atoms with Crippen molar-refractivity contribution in [2.45, 2.75) is 57.8 Å². The molecule has 3 saturated carbocycles. The molecule has 0 saturated heterocycles. The molecule has 3 aliphatic carbocycles. The van der Waals surface area contributed by atoms with Gasteiger partial charge in [-0.15, -0.1) is 5.92 Å². The van der Waals surface area contributed by atoms with Crippen LogP contribution in [-0.4, -0.2) is 0 Å². The fourth-order valence-corrected chi connectivity index (χ4v) is 3.15. The van der Waals surface area contributed by atoms with Crippen molar-refractivity contribution in [1.29, 1.82) is 0 Å². The van der Waals surface area contributed by atoms with E-state index >= 15 is 0 Å². The van der Waals surface area contributed by atoms with Gasteiger partial charge in [-0.2, -0.15) is 6.42 Å². The molecule has 0 nitrogen and oxygen atoms in total. The Hall–Kier alpha value is 0.103. The SMILES string of the molecule is [CH2-]C(c1ccccc1)C1CCCCC1.[CH2-]CCC.[CH]1[CH][CH][CH][CH]1.[CH]1[CH][CH][CH][CH]1.[Zr+2]. The first-order valence-corrected chi connectivity index (χ1v) is 10.8. The first kappa shape index (κ1) is 29.1. The fraction of sp³-hybridized carbons (Fsp3) is 0.357. The Kier molecular flexibility index (Phi) is 21.4. The van der Waals surface area contributed by atoms with Gasteiger partial charge in [-0.05, 0) is 64.2 Å². The van der Waals surface area contributed by atoms with Crippen LogP contribution < -0.4 is 0 Å². The number of hydrogen-bond acceptors (Lipinski definition) is 0. The van der Waals surface area contributed by atoms with Gasteiger partial charge in [0.05, 0.1) is 0 Å². The molecule has 1 aromatic carbocycles. The third-order valence-corrected chi connectivity index (χ3v) is 4.91. The summed E-state index contributed by atoms with van der Waals surface area (Å²) in [5.41, 5.74) is 1.42. The van der Waals surface area contributed by atoms with E-state index in [9.17, 15) is 0 Å². The molecule has 0 aliphatic heterocycles. The smallest absolute Gasteiger partial charge is 0.343 e. The maximum atomic E-state index is 4.33. The molecular weight excluding hydrogens is 428 g/mol. The van der Waals surface area contributed by atoms with Crippen LogP contribution >= 0.6 is 0 Å². The summed E-state index contributed by atoms with van der Waals surface area (Å²) < 4.78 is 0. The Morgan fingerprint density at radius 1 is 0.759 bits per heavy atom. The van der Waals surface area contributed by atoms with E-state index in [0.717, 1.165) is 12.3 Å². The molecule has 3 aliphatic rings. The molecular formula is C28H38Zr. The zero-order valence-corrected chi connectivity index (χ0v) is 20.6. The van der Waals surface area contributed by atoms with E-state index < -0.39 is 0 Å². The van der Waals surface area contributed by atoms with Gasteiger partial charge in [-0.3, -0.25) is 0 Å². The zero-order valence-electron chi connectivity index (χ0n) is 18.2. The maximum Gasteiger partial charge on any atom is 2.00 e. The van der Waals surface area contributed by atoms with Gasteiger partial charge in [-0.1, -0.05) is 87.3 Å². The van der Waals surface area contributed by atoms with E-state index in [1.54, 1.807) is 0 Å². The summed E-state index contributed by atoms with van der Waals surface area (Å²) in [6, 6.07) is 10.8. The average Bonchev–Trinajstić information content (AvgIpc) is 3.54. The van der Waals surface area contributed by atoms with Crippen molar-refractivity contribution in [2.75, 3.05) is 0 Å². The summed E-state index contributed by atoms with van der Waals surface area (Å²) in [5, 5.41) is 0. The average molecular weight is 466 g/mol. The van der Waals surface area contributed by atoms with Crippen molar-refractivity contribution in [3.63, 3.8) is 0 Å². The van der Waals surface area contributed by atoms with Crippen LogP contribution in [0.5, 0.6) is 0 Å². The largest absolute Gasteiger partial charge is 2.00 e. The van der Waals surface area contributed by atoms with Gasteiger partial charge in [0.25, 0.3) is 0 Å². The predicted octanol–water partition coefficient (Wildman–Crippen LogP) is 7.85. The molecule has 1 atom stereocenters. The van der Waals surface area contributed by atoms with Gasteiger partial charge >= 0.3 is 26.2 Å². The molecule has 1 unspecified atom stereocenters. The van der Waals surface area contributed by atoms with Crippen LogP contribution in [0, 0.1) is 84.0 Å². The van der Waals surface area contributed by atoms with Gasteiger partial charge in [-0.25, -0.2) is 0 Å². The minimum Gasteiger partial charge on any atom is -0.343 e. The normalized spacial score (nSPS) is 19.3. The maximum absolute atomic E-state index is 4.33. The summed E-state index contributed by atoms with van der Waals surface area (Å²) >= 11 is 0. The van der Waals surface area contributed by atoms with E-state index in [-0.39, 0.29) is 26.2 Å². The summed E-state index contributed by atoms with van der Waals surface area (Å²) in [4.78, 5) is 0. The van der Waals surface area contributed by atoms with E-state index in [2.05, 4.69) is 51.1 Å². The minimum atomic E-state index is 0. The fourth-order valence-electron chi connectivity index (χ4n) is 3.15. The van der Waals surface area contributed by atoms with E-state index in [4.69, 9.17) is 0 Å². The molecule has 10 radical (unpaired) electrons. The molecule has 1 aromatic rings. The molecule has 0 amide bonds. The standard InChI is InChI=1S/C14H19.2C5H5.C4H9.Zr/c1-12(13-8-4-2-5-9-13)14-10-6-3-7-11-14;2*1-2-4-5-3-1;1-3-4-2;/h2,4-5,8-9,12,14H,1,3,6-7,10-11H2;2*1-5H;1,3-4H2,2H3;/q-1;;;-1;+2. The van der Waals surface area contributed by atoms with Gasteiger partial charge < -0.3 is 13.8 Å². The molecule has 0 N–H and O–H groups in total. The van der Waals surface area contributed by atoms with Crippen LogP contribution in [0.1, 0.15) is 63.4 Å². The van der Waals surface area contributed by atoms with Crippen LogP contribution in [0.4, 0.5) is 0 Å². The van der Waals surface area contributed by atoms with Crippen LogP contribution in [0.2, 0.25) is 0 Å². The van der Waals surface area contributed by atoms with Crippen molar-refractivity contribution < 1.29 is 26.2 Å². The number of unbranched alkanes of at least 4 members (excludes halogenated alkanes) is 1. The number of benzene rings is 1. The number of hydrogen-bond donors (Lipinski definition) is 0. The van der Waals surface area contributed by atoms with Crippen molar-refractivity contribution in [1.82, 2.24) is 0 Å². The first-order valence-electron chi connectivity index (χ1n) is 10.8. The van der Waals surface area contributed by atoms with E-state index in [1.165, 1.54) is 44.1 Å². The van der Waals surface area contributed by atoms with Crippen molar-refractivity contribution in [2.24, 2.45) is 5.92 Å². The minimum absolute atomic E-state index is 0. The molecule has 0 bridgehead atoms. The molecule has 29 heavy (non-hydrogen) atoms. The van der Waals surface area contributed by atoms with Gasteiger partial charge in [0.2, 0.25) is 0 Å². The summed E-state index contributed by atoms with van der Waals surface area (Å²) in [7, 11) is 0. The molecule has 1 heteroatoms. The molecule has 0 aromatic heterocycles. The third kappa shape index (κ3) is 15.5. The Bertz CT molecular complexity index is 386. The molecule has 0 heterocycles. The van der Waals surface area contributed by atoms with Crippen LogP contribution in [0.15, 0.2) is 30.3 Å². The topological polar surface area (TPSA) is 0 Å². The summed E-state index contributed by atoms with van der Waals surface area (Å²) in [6.07, 6.45) is 29.3. The van der Waals surface area contributed by atoms with Crippen LogP contribution in [-0.2, 0) is 26.2 Å².